The van der Waals surface area contributed by atoms with Gasteiger partial charge in [-0.05, 0) is 24.3 Å². The second-order valence-corrected chi connectivity index (χ2v) is 5.79. The summed E-state index contributed by atoms with van der Waals surface area (Å²) in [4.78, 5) is 21.4. The van der Waals surface area contributed by atoms with Gasteiger partial charge in [-0.3, -0.25) is 4.79 Å². The van der Waals surface area contributed by atoms with Crippen LogP contribution >= 0.6 is 0 Å². The number of hydrogen-bond acceptors (Lipinski definition) is 8. The fourth-order valence-corrected chi connectivity index (χ4v) is 2.77. The Hall–Kier alpha value is -3.23. The van der Waals surface area contributed by atoms with Crippen LogP contribution in [-0.2, 0) is 0 Å². The number of likely N-dealkylation sites (N-methyl/N-ethyl adjacent to an activating group) is 1. The summed E-state index contributed by atoms with van der Waals surface area (Å²) in [5.74, 6) is 0.301. The highest BCUT2D eigenvalue weighted by atomic mass is 16.3. The second kappa shape index (κ2) is 6.71. The molecule has 0 bridgehead atoms. The first kappa shape index (κ1) is 16.6. The Bertz CT molecular complexity index is 779. The molecule has 25 heavy (non-hydrogen) atoms. The summed E-state index contributed by atoms with van der Waals surface area (Å²) in [7, 11) is 3.48. The van der Waals surface area contributed by atoms with Gasteiger partial charge in [0.05, 0.1) is 6.04 Å². The van der Waals surface area contributed by atoms with E-state index in [1.54, 1.807) is 19.2 Å². The number of fused-ring (bicyclic) bond motifs is 1. The normalized spacial score (nSPS) is 15.9. The van der Waals surface area contributed by atoms with Gasteiger partial charge in [-0.15, -0.1) is 0 Å². The molecule has 0 radical (unpaired) electrons. The van der Waals surface area contributed by atoms with Crippen molar-refractivity contribution in [3.05, 3.63) is 29.8 Å². The van der Waals surface area contributed by atoms with Crippen molar-refractivity contribution in [1.29, 1.82) is 0 Å². The number of aromatic nitrogens is 2. The van der Waals surface area contributed by atoms with Crippen molar-refractivity contribution >= 4 is 29.0 Å². The van der Waals surface area contributed by atoms with Crippen molar-refractivity contribution in [3.8, 4) is 5.88 Å². The highest BCUT2D eigenvalue weighted by Crippen LogP contribution is 2.36. The second-order valence-electron chi connectivity index (χ2n) is 5.79. The lowest BCUT2D eigenvalue weighted by Gasteiger charge is -2.36. The van der Waals surface area contributed by atoms with Crippen LogP contribution < -0.4 is 26.6 Å². The molecule has 132 valence electrons. The molecule has 0 aliphatic carbocycles. The zero-order valence-electron chi connectivity index (χ0n) is 14.1. The van der Waals surface area contributed by atoms with Crippen molar-refractivity contribution in [2.75, 3.05) is 48.5 Å². The number of hydrogen-bond donors (Lipinski definition) is 5. The van der Waals surface area contributed by atoms with Crippen molar-refractivity contribution < 1.29 is 9.90 Å². The molecule has 1 aliphatic heterocycles. The molecule has 0 saturated heterocycles. The molecule has 0 saturated carbocycles. The van der Waals surface area contributed by atoms with E-state index < -0.39 is 0 Å². The predicted molar refractivity (Wildman–Crippen MR) is 97.1 cm³/mol. The summed E-state index contributed by atoms with van der Waals surface area (Å²) >= 11 is 0. The van der Waals surface area contributed by atoms with Crippen LogP contribution in [-0.4, -0.2) is 54.2 Å². The van der Waals surface area contributed by atoms with E-state index in [-0.39, 0.29) is 23.8 Å². The third-order valence-corrected chi connectivity index (χ3v) is 4.20. The van der Waals surface area contributed by atoms with Crippen LogP contribution in [0.15, 0.2) is 24.3 Å². The number of carbonyl (C=O) groups excluding carboxylic acids is 1. The number of rotatable bonds is 4. The smallest absolute Gasteiger partial charge is 0.251 e. The Kier molecular flexibility index (Phi) is 4.46. The van der Waals surface area contributed by atoms with E-state index in [2.05, 4.69) is 25.9 Å². The zero-order chi connectivity index (χ0) is 18.0. The Morgan fingerprint density at radius 2 is 2.12 bits per heavy atom. The molecule has 9 heteroatoms. The molecular weight excluding hydrogens is 322 g/mol. The third kappa shape index (κ3) is 3.35. The van der Waals surface area contributed by atoms with Crippen LogP contribution in [0.1, 0.15) is 10.4 Å². The Labute approximate surface area is 145 Å². The van der Waals surface area contributed by atoms with Gasteiger partial charge < -0.3 is 31.7 Å². The van der Waals surface area contributed by atoms with Gasteiger partial charge in [0, 0.05) is 38.4 Å². The molecule has 0 unspecified atom stereocenters. The number of nitrogen functional groups attached to an aromatic ring is 1. The fraction of sp³-hybridized carbons (Fsp3) is 0.312. The maximum absolute atomic E-state index is 11.6. The number of carbonyl (C=O) groups is 1. The minimum absolute atomic E-state index is 0.0323. The zero-order valence-corrected chi connectivity index (χ0v) is 14.1. The van der Waals surface area contributed by atoms with E-state index >= 15 is 0 Å². The van der Waals surface area contributed by atoms with Crippen molar-refractivity contribution in [3.63, 3.8) is 0 Å². The number of nitrogens with one attached hydrogen (secondary N) is 3. The van der Waals surface area contributed by atoms with E-state index in [0.717, 1.165) is 5.69 Å². The van der Waals surface area contributed by atoms with E-state index in [1.165, 1.54) is 0 Å². The van der Waals surface area contributed by atoms with Crippen LogP contribution in [0.2, 0.25) is 0 Å². The lowest BCUT2D eigenvalue weighted by molar-refractivity contribution is 0.0963. The van der Waals surface area contributed by atoms with Gasteiger partial charge in [0.1, 0.15) is 5.69 Å². The third-order valence-electron chi connectivity index (χ3n) is 4.20. The molecule has 1 aromatic heterocycles. The summed E-state index contributed by atoms with van der Waals surface area (Å²) in [6, 6.07) is 7.32. The molecule has 1 aromatic carbocycles. The summed E-state index contributed by atoms with van der Waals surface area (Å²) in [5.41, 5.74) is 7.61. The van der Waals surface area contributed by atoms with Crippen LogP contribution in [0.3, 0.4) is 0 Å². The van der Waals surface area contributed by atoms with Gasteiger partial charge in [0.15, 0.2) is 5.82 Å². The SMILES string of the molecule is CNC(=O)c1ccc(NC[C@H]2CNc3nc(N)nc(O)c3N2C)cc1. The number of nitrogens with zero attached hydrogens (tertiary/aromatic N) is 3. The van der Waals surface area contributed by atoms with E-state index in [4.69, 9.17) is 5.73 Å². The first-order valence-electron chi connectivity index (χ1n) is 7.88. The lowest BCUT2D eigenvalue weighted by Crippen LogP contribution is -2.46. The van der Waals surface area contributed by atoms with Gasteiger partial charge in [-0.2, -0.15) is 9.97 Å². The molecule has 0 spiro atoms. The number of benzene rings is 1. The molecule has 9 nitrogen and oxygen atoms in total. The maximum Gasteiger partial charge on any atom is 0.251 e. The first-order valence-corrected chi connectivity index (χ1v) is 7.88. The number of amides is 1. The first-order chi connectivity index (χ1) is 12.0. The quantitative estimate of drug-likeness (QED) is 0.542. The lowest BCUT2D eigenvalue weighted by atomic mass is 10.1. The average Bonchev–Trinajstić information content (AvgIpc) is 2.60. The van der Waals surface area contributed by atoms with E-state index in [1.807, 2.05) is 24.1 Å². The van der Waals surface area contributed by atoms with E-state index in [9.17, 15) is 9.90 Å². The molecular formula is C16H21N7O2. The predicted octanol–water partition coefficient (Wildman–Crippen LogP) is 0.466. The molecule has 0 fully saturated rings. The van der Waals surface area contributed by atoms with E-state index in [0.29, 0.717) is 30.2 Å². The summed E-state index contributed by atoms with van der Waals surface area (Å²) in [6.45, 7) is 1.27. The average molecular weight is 343 g/mol. The van der Waals surface area contributed by atoms with Crippen LogP contribution in [0, 0.1) is 0 Å². The highest BCUT2D eigenvalue weighted by molar-refractivity contribution is 5.94. The molecule has 1 atom stereocenters. The number of nitrogens with two attached hydrogens (primary N) is 1. The Morgan fingerprint density at radius 1 is 1.40 bits per heavy atom. The van der Waals surface area contributed by atoms with Gasteiger partial charge in [0.25, 0.3) is 5.91 Å². The largest absolute Gasteiger partial charge is 0.492 e. The van der Waals surface area contributed by atoms with Crippen molar-refractivity contribution in [2.45, 2.75) is 6.04 Å². The van der Waals surface area contributed by atoms with Crippen LogP contribution in [0.25, 0.3) is 0 Å². The summed E-state index contributed by atoms with van der Waals surface area (Å²) < 4.78 is 0. The van der Waals surface area contributed by atoms with Crippen LogP contribution in [0.4, 0.5) is 23.1 Å². The van der Waals surface area contributed by atoms with Gasteiger partial charge in [0.2, 0.25) is 11.8 Å². The molecule has 2 aromatic rings. The standard InChI is InChI=1S/C16H21N7O2/c1-18-14(24)9-3-5-10(6-4-9)19-7-11-8-20-13-12(23(11)2)15(25)22-16(17)21-13/h3-6,11,19H,7-8H2,1-2H3,(H,18,24)(H4,17,20,21,22,25)/t11-/m0/s1. The summed E-state index contributed by atoms with van der Waals surface area (Å²) in [6.07, 6.45) is 0. The van der Waals surface area contributed by atoms with Gasteiger partial charge in [-0.1, -0.05) is 0 Å². The molecule has 2 heterocycles. The van der Waals surface area contributed by atoms with Crippen molar-refractivity contribution in [2.24, 2.45) is 0 Å². The highest BCUT2D eigenvalue weighted by Gasteiger charge is 2.28. The molecule has 1 aliphatic rings. The Morgan fingerprint density at radius 3 is 2.80 bits per heavy atom. The topological polar surface area (TPSA) is 128 Å². The minimum Gasteiger partial charge on any atom is -0.492 e. The van der Waals surface area contributed by atoms with Crippen LogP contribution in [0.5, 0.6) is 5.88 Å². The fourth-order valence-electron chi connectivity index (χ4n) is 2.77. The molecule has 6 N–H and O–H groups in total. The maximum atomic E-state index is 11.6. The van der Waals surface area contributed by atoms with Gasteiger partial charge in [-0.25, -0.2) is 0 Å². The summed E-state index contributed by atoms with van der Waals surface area (Å²) in [5, 5.41) is 19.1. The molecule has 3 rings (SSSR count). The minimum atomic E-state index is -0.142. The monoisotopic (exact) mass is 343 g/mol. The Balaban J connectivity index is 1.67. The van der Waals surface area contributed by atoms with Gasteiger partial charge >= 0.3 is 0 Å². The molecule has 1 amide bonds. The van der Waals surface area contributed by atoms with Crippen molar-refractivity contribution in [1.82, 2.24) is 15.3 Å². The number of aromatic hydroxyl groups is 1. The number of anilines is 4.